The maximum absolute atomic E-state index is 12.9. The van der Waals surface area contributed by atoms with Crippen molar-refractivity contribution in [3.8, 4) is 0 Å². The van der Waals surface area contributed by atoms with Crippen LogP contribution in [0.25, 0.3) is 0 Å². The van der Waals surface area contributed by atoms with Crippen molar-refractivity contribution in [2.75, 3.05) is 37.3 Å². The fourth-order valence-corrected chi connectivity index (χ4v) is 5.75. The molecule has 0 radical (unpaired) electrons. The normalized spacial score (nSPS) is 15.5. The third-order valence-electron chi connectivity index (χ3n) is 5.48. The van der Waals surface area contributed by atoms with Gasteiger partial charge in [0.2, 0.25) is 10.0 Å². The summed E-state index contributed by atoms with van der Waals surface area (Å²) >= 11 is 0. The van der Waals surface area contributed by atoms with Crippen LogP contribution in [0.5, 0.6) is 0 Å². The monoisotopic (exact) mass is 451 g/mol. The Morgan fingerprint density at radius 2 is 1.43 bits per heavy atom. The van der Waals surface area contributed by atoms with Gasteiger partial charge in [-0.3, -0.25) is 4.72 Å². The van der Waals surface area contributed by atoms with E-state index in [0.717, 1.165) is 16.5 Å². The second-order valence-electron chi connectivity index (χ2n) is 7.91. The molecule has 1 saturated carbocycles. The quantitative estimate of drug-likeness (QED) is 0.665. The van der Waals surface area contributed by atoms with E-state index in [1.165, 1.54) is 64.0 Å². The molecule has 1 fully saturated rings. The van der Waals surface area contributed by atoms with Crippen LogP contribution < -0.4 is 9.62 Å². The van der Waals surface area contributed by atoms with E-state index in [4.69, 9.17) is 0 Å². The summed E-state index contributed by atoms with van der Waals surface area (Å²) in [5.41, 5.74) is 1.32. The number of anilines is 2. The minimum absolute atomic E-state index is 0.00783. The minimum Gasteiger partial charge on any atom is -0.373 e. The van der Waals surface area contributed by atoms with Gasteiger partial charge < -0.3 is 4.90 Å². The molecule has 7 nitrogen and oxygen atoms in total. The fraction of sp³-hybridized carbons (Fsp3) is 0.429. The molecule has 164 valence electrons. The van der Waals surface area contributed by atoms with E-state index in [9.17, 15) is 16.8 Å². The highest BCUT2D eigenvalue weighted by atomic mass is 32.2. The SMILES string of the molecule is CN(CC1CCCC1)c1ccccc1NS(=O)(=O)c1ccc(S(=O)(=O)N(C)C)cc1. The van der Waals surface area contributed by atoms with E-state index >= 15 is 0 Å². The molecular formula is C21H29N3O4S2. The Morgan fingerprint density at radius 1 is 0.867 bits per heavy atom. The van der Waals surface area contributed by atoms with Gasteiger partial charge in [0.1, 0.15) is 0 Å². The molecule has 1 N–H and O–H groups in total. The van der Waals surface area contributed by atoms with Crippen molar-refractivity contribution in [1.29, 1.82) is 0 Å². The van der Waals surface area contributed by atoms with Gasteiger partial charge in [-0.2, -0.15) is 0 Å². The number of sulfonamides is 2. The number of para-hydroxylation sites is 2. The van der Waals surface area contributed by atoms with E-state index in [-0.39, 0.29) is 9.79 Å². The lowest BCUT2D eigenvalue weighted by atomic mass is 10.1. The van der Waals surface area contributed by atoms with Crippen molar-refractivity contribution in [2.45, 2.75) is 35.5 Å². The molecule has 0 amide bonds. The number of nitrogens with zero attached hydrogens (tertiary/aromatic N) is 2. The van der Waals surface area contributed by atoms with E-state index in [1.54, 1.807) is 12.1 Å². The molecule has 30 heavy (non-hydrogen) atoms. The standard InChI is InChI=1S/C21H29N3O4S2/c1-23(2)30(27,28)19-14-12-18(13-15-19)29(25,26)22-20-10-6-7-11-21(20)24(3)16-17-8-4-5-9-17/h6-7,10-15,17,22H,4-5,8-9,16H2,1-3H3. The summed E-state index contributed by atoms with van der Waals surface area (Å²) in [6.45, 7) is 0.885. The molecule has 9 heteroatoms. The lowest BCUT2D eigenvalue weighted by Gasteiger charge is -2.25. The van der Waals surface area contributed by atoms with Crippen LogP contribution in [0.4, 0.5) is 11.4 Å². The average Bonchev–Trinajstić information content (AvgIpc) is 3.21. The number of nitrogens with one attached hydrogen (secondary N) is 1. The molecule has 0 aromatic heterocycles. The first-order valence-corrected chi connectivity index (χ1v) is 12.9. The van der Waals surface area contributed by atoms with E-state index in [2.05, 4.69) is 9.62 Å². The van der Waals surface area contributed by atoms with Gasteiger partial charge in [0.05, 0.1) is 21.2 Å². The van der Waals surface area contributed by atoms with E-state index < -0.39 is 20.0 Å². The molecule has 0 heterocycles. The lowest BCUT2D eigenvalue weighted by Crippen LogP contribution is -2.25. The fourth-order valence-electron chi connectivity index (χ4n) is 3.78. The Bertz CT molecular complexity index is 1080. The largest absolute Gasteiger partial charge is 0.373 e. The highest BCUT2D eigenvalue weighted by Gasteiger charge is 2.22. The molecule has 0 spiro atoms. The number of rotatable bonds is 8. The number of benzene rings is 2. The summed E-state index contributed by atoms with van der Waals surface area (Å²) in [6, 6.07) is 12.6. The van der Waals surface area contributed by atoms with Crippen LogP contribution >= 0.6 is 0 Å². The van der Waals surface area contributed by atoms with Gasteiger partial charge in [0.25, 0.3) is 10.0 Å². The van der Waals surface area contributed by atoms with Crippen molar-refractivity contribution in [3.05, 3.63) is 48.5 Å². The highest BCUT2D eigenvalue weighted by Crippen LogP contribution is 2.31. The van der Waals surface area contributed by atoms with Crippen molar-refractivity contribution in [1.82, 2.24) is 4.31 Å². The molecule has 2 aromatic rings. The third-order valence-corrected chi connectivity index (χ3v) is 8.69. The minimum atomic E-state index is -3.86. The van der Waals surface area contributed by atoms with Gasteiger partial charge in [-0.15, -0.1) is 0 Å². The number of hydrogen-bond acceptors (Lipinski definition) is 5. The van der Waals surface area contributed by atoms with Crippen LogP contribution in [0.15, 0.2) is 58.3 Å². The summed E-state index contributed by atoms with van der Waals surface area (Å²) < 4.78 is 54.0. The van der Waals surface area contributed by atoms with Gasteiger partial charge in [-0.05, 0) is 55.2 Å². The second-order valence-corrected chi connectivity index (χ2v) is 11.7. The Labute approximate surface area is 179 Å². The molecule has 1 aliphatic carbocycles. The van der Waals surface area contributed by atoms with Gasteiger partial charge in [0, 0.05) is 27.7 Å². The molecule has 1 aliphatic rings. The third kappa shape index (κ3) is 4.96. The van der Waals surface area contributed by atoms with Crippen molar-refractivity contribution < 1.29 is 16.8 Å². The van der Waals surface area contributed by atoms with Crippen LogP contribution in [0.3, 0.4) is 0 Å². The summed E-state index contributed by atoms with van der Waals surface area (Å²) in [5.74, 6) is 0.630. The predicted octanol–water partition coefficient (Wildman–Crippen LogP) is 3.36. The Morgan fingerprint density at radius 3 is 2.03 bits per heavy atom. The zero-order valence-electron chi connectivity index (χ0n) is 17.6. The first kappa shape index (κ1) is 22.6. The molecule has 0 saturated heterocycles. The van der Waals surface area contributed by atoms with E-state index in [0.29, 0.717) is 11.6 Å². The molecule has 0 aliphatic heterocycles. The molecule has 0 unspecified atom stereocenters. The van der Waals surface area contributed by atoms with Crippen LogP contribution in [-0.2, 0) is 20.0 Å². The molecular weight excluding hydrogens is 422 g/mol. The average molecular weight is 452 g/mol. The Hall–Kier alpha value is -2.10. The molecule has 0 atom stereocenters. The van der Waals surface area contributed by atoms with Crippen molar-refractivity contribution in [3.63, 3.8) is 0 Å². The molecule has 2 aromatic carbocycles. The maximum Gasteiger partial charge on any atom is 0.261 e. The van der Waals surface area contributed by atoms with E-state index in [1.807, 2.05) is 19.2 Å². The van der Waals surface area contributed by atoms with Crippen LogP contribution in [-0.4, -0.2) is 48.8 Å². The van der Waals surface area contributed by atoms with Gasteiger partial charge >= 0.3 is 0 Å². The van der Waals surface area contributed by atoms with Crippen LogP contribution in [0, 0.1) is 5.92 Å². The topological polar surface area (TPSA) is 86.8 Å². The first-order chi connectivity index (χ1) is 14.1. The van der Waals surface area contributed by atoms with Gasteiger partial charge in [0.15, 0.2) is 0 Å². The highest BCUT2D eigenvalue weighted by molar-refractivity contribution is 7.92. The molecule has 0 bridgehead atoms. The predicted molar refractivity (Wildman–Crippen MR) is 120 cm³/mol. The zero-order valence-corrected chi connectivity index (χ0v) is 19.2. The van der Waals surface area contributed by atoms with Crippen LogP contribution in [0.2, 0.25) is 0 Å². The maximum atomic E-state index is 12.9. The summed E-state index contributed by atoms with van der Waals surface area (Å²) in [4.78, 5) is 2.15. The molecule has 3 rings (SSSR count). The summed E-state index contributed by atoms with van der Waals surface area (Å²) in [5, 5.41) is 0. The van der Waals surface area contributed by atoms with Crippen LogP contribution in [0.1, 0.15) is 25.7 Å². The summed E-state index contributed by atoms with van der Waals surface area (Å²) in [7, 11) is -2.64. The first-order valence-electron chi connectivity index (χ1n) is 9.97. The number of hydrogen-bond donors (Lipinski definition) is 1. The Balaban J connectivity index is 1.82. The smallest absolute Gasteiger partial charge is 0.261 e. The Kier molecular flexibility index (Phi) is 6.74. The zero-order chi connectivity index (χ0) is 21.9. The summed E-state index contributed by atoms with van der Waals surface area (Å²) in [6.07, 6.45) is 4.93. The van der Waals surface area contributed by atoms with Gasteiger partial charge in [-0.1, -0.05) is 25.0 Å². The lowest BCUT2D eigenvalue weighted by molar-refractivity contribution is 0.520. The van der Waals surface area contributed by atoms with Crippen molar-refractivity contribution in [2.24, 2.45) is 5.92 Å². The van der Waals surface area contributed by atoms with Crippen molar-refractivity contribution >= 4 is 31.4 Å². The second kappa shape index (κ2) is 8.95. The van der Waals surface area contributed by atoms with Gasteiger partial charge in [-0.25, -0.2) is 21.1 Å².